The molecule has 0 radical (unpaired) electrons. The first-order valence-electron chi connectivity index (χ1n) is 22.9. The molecule has 0 aliphatic carbocycles. The van der Waals surface area contributed by atoms with Crippen LogP contribution in [0.2, 0.25) is 0 Å². The first kappa shape index (κ1) is 62.9. The van der Waals surface area contributed by atoms with Crippen molar-refractivity contribution in [2.75, 3.05) is 0 Å². The Kier molecular flexibility index (Phi) is 30.1. The monoisotopic (exact) mass is 994 g/mol. The average molecular weight is 995 g/mol. The maximum atomic E-state index is 11.6. The van der Waals surface area contributed by atoms with E-state index in [0.29, 0.717) is 31.4 Å². The first-order valence-corrected chi connectivity index (χ1v) is 22.9. The van der Waals surface area contributed by atoms with Crippen LogP contribution < -0.4 is 59.1 Å². The van der Waals surface area contributed by atoms with Crippen LogP contribution in [-0.4, -0.2) is 91.4 Å². The van der Waals surface area contributed by atoms with E-state index in [0.717, 1.165) is 64.2 Å². The molecule has 368 valence electrons. The van der Waals surface area contributed by atoms with Gasteiger partial charge in [-0.1, -0.05) is 115 Å². The maximum Gasteiger partial charge on any atom is 1.00 e. The summed E-state index contributed by atoms with van der Waals surface area (Å²) in [6, 6.07) is 16.4. The van der Waals surface area contributed by atoms with Crippen molar-refractivity contribution in [1.29, 1.82) is 0 Å². The molecule has 70 heavy (non-hydrogen) atoms. The van der Waals surface area contributed by atoms with Crippen molar-refractivity contribution in [2.24, 2.45) is 11.8 Å². The Bertz CT molecular complexity index is 2110. The van der Waals surface area contributed by atoms with E-state index in [9.17, 15) is 57.5 Å². The van der Waals surface area contributed by atoms with Crippen LogP contribution in [0.15, 0.2) is 60.7 Å². The molecule has 0 saturated carbocycles. The fourth-order valence-electron chi connectivity index (χ4n) is 6.48. The second kappa shape index (κ2) is 33.5. The third kappa shape index (κ3) is 21.1. The molecule has 0 spiro atoms. The number of carbonyl (C=O) groups excluding carboxylic acids is 12. The van der Waals surface area contributed by atoms with Gasteiger partial charge in [0.25, 0.3) is 47.3 Å². The van der Waals surface area contributed by atoms with Gasteiger partial charge >= 0.3 is 83.0 Å². The van der Waals surface area contributed by atoms with Gasteiger partial charge in [0.15, 0.2) is 0 Å². The Morgan fingerprint density at radius 1 is 0.429 bits per heavy atom. The standard InChI is InChI=1S/C13H21NO4.C12H11NO4.C12H19NO4.C11H9NO4.2Na/c1-3-4-5-6-7-8-12(16)18-14-11(15)9-10(2)13(14)17;1-8-7-10(14)13(11(8)15)17-12(16)9-5-3-2-4-6-9;1-2-3-4-5-6-7-12(16)17-13-10(14)8-9-11(13)15;13-9-6-7-10(14)12(9)16-11(15)8-4-2-1-3-5-8;;/h10H,3-9H2,1-2H3;2-6,8H,7H2,1H3;2-9H2,1H3;1-5H,6-7H2;;/q;;;;2*+1. The van der Waals surface area contributed by atoms with E-state index in [2.05, 4.69) is 13.8 Å². The molecule has 4 saturated heterocycles. The van der Waals surface area contributed by atoms with Crippen LogP contribution in [0.4, 0.5) is 0 Å². The Hall–Kier alpha value is -5.12. The molecule has 0 bridgehead atoms. The molecule has 2 aromatic carbocycles. The van der Waals surface area contributed by atoms with Crippen LogP contribution in [0.5, 0.6) is 0 Å². The van der Waals surface area contributed by atoms with Crippen LogP contribution in [0.25, 0.3) is 0 Å². The summed E-state index contributed by atoms with van der Waals surface area (Å²) in [5.74, 6) is -6.80. The molecule has 4 heterocycles. The summed E-state index contributed by atoms with van der Waals surface area (Å²) < 4.78 is 0. The summed E-state index contributed by atoms with van der Waals surface area (Å²) in [5.41, 5.74) is 0.600. The summed E-state index contributed by atoms with van der Waals surface area (Å²) in [7, 11) is 0. The van der Waals surface area contributed by atoms with E-state index in [1.165, 1.54) is 0 Å². The summed E-state index contributed by atoms with van der Waals surface area (Å²) in [4.78, 5) is 155. The number of benzene rings is 2. The van der Waals surface area contributed by atoms with Gasteiger partial charge in [0.1, 0.15) is 0 Å². The predicted octanol–water partition coefficient (Wildman–Crippen LogP) is 0.223. The van der Waals surface area contributed by atoms with Gasteiger partial charge in [-0.25, -0.2) is 19.2 Å². The zero-order chi connectivity index (χ0) is 50.2. The van der Waals surface area contributed by atoms with Gasteiger partial charge in [-0.15, -0.1) is 20.3 Å². The number of hydrogen-bond acceptors (Lipinski definition) is 16. The SMILES string of the molecule is CC1CC(=O)N(OC(=O)c2ccccc2)C1=O.CCCCCCCC(=O)ON1C(=O)CC(C)C1=O.CCCCCCCC(=O)ON1C(=O)CCC1=O.O=C(ON1C(=O)CCC1=O)c1ccccc1.[Na+].[Na+]. The number of nitrogens with zero attached hydrogens (tertiary/aromatic N) is 4. The van der Waals surface area contributed by atoms with Gasteiger partial charge in [0.2, 0.25) is 0 Å². The number of imide groups is 4. The summed E-state index contributed by atoms with van der Waals surface area (Å²) in [6.45, 7) is 7.52. The van der Waals surface area contributed by atoms with E-state index in [-0.39, 0.29) is 116 Å². The minimum Gasteiger partial charge on any atom is -0.330 e. The minimum absolute atomic E-state index is 0. The number of rotatable bonds is 18. The van der Waals surface area contributed by atoms with Crippen LogP contribution in [0.3, 0.4) is 0 Å². The molecule has 8 amide bonds. The molecule has 22 heteroatoms. The van der Waals surface area contributed by atoms with E-state index in [1.807, 2.05) is 0 Å². The van der Waals surface area contributed by atoms with Crippen LogP contribution in [0.1, 0.15) is 164 Å². The molecule has 4 aliphatic heterocycles. The average Bonchev–Trinajstić information content (AvgIpc) is 3.98. The van der Waals surface area contributed by atoms with Crippen LogP contribution in [-0.2, 0) is 67.3 Å². The number of carbonyl (C=O) groups is 12. The maximum absolute atomic E-state index is 11.6. The van der Waals surface area contributed by atoms with Crippen molar-refractivity contribution in [2.45, 2.75) is 143 Å². The van der Waals surface area contributed by atoms with Gasteiger partial charge in [0, 0.05) is 63.2 Å². The van der Waals surface area contributed by atoms with E-state index in [4.69, 9.17) is 19.4 Å². The van der Waals surface area contributed by atoms with Crippen molar-refractivity contribution >= 4 is 71.1 Å². The van der Waals surface area contributed by atoms with Crippen molar-refractivity contribution in [3.8, 4) is 0 Å². The van der Waals surface area contributed by atoms with Crippen LogP contribution >= 0.6 is 0 Å². The third-order valence-electron chi connectivity index (χ3n) is 10.4. The fraction of sp³-hybridized carbons (Fsp3) is 0.500. The molecule has 20 nitrogen and oxygen atoms in total. The molecule has 0 aromatic heterocycles. The minimum atomic E-state index is -0.707. The van der Waals surface area contributed by atoms with E-state index in [1.54, 1.807) is 74.5 Å². The topological polar surface area (TPSA) is 255 Å². The van der Waals surface area contributed by atoms with Crippen molar-refractivity contribution in [3.63, 3.8) is 0 Å². The first-order chi connectivity index (χ1) is 32.5. The second-order valence-corrected chi connectivity index (χ2v) is 16.2. The Morgan fingerprint density at radius 2 is 0.729 bits per heavy atom. The smallest absolute Gasteiger partial charge is 0.330 e. The molecule has 0 N–H and O–H groups in total. The molecule has 2 unspecified atom stereocenters. The summed E-state index contributed by atoms with van der Waals surface area (Å²) in [5, 5.41) is 2.32. The van der Waals surface area contributed by atoms with Crippen LogP contribution in [0, 0.1) is 11.8 Å². The fourth-order valence-corrected chi connectivity index (χ4v) is 6.48. The molecule has 4 fully saturated rings. The molecule has 4 aliphatic rings. The third-order valence-corrected chi connectivity index (χ3v) is 10.4. The molecular weight excluding hydrogens is 935 g/mol. The van der Waals surface area contributed by atoms with Gasteiger partial charge in [0.05, 0.1) is 11.1 Å². The van der Waals surface area contributed by atoms with Crippen molar-refractivity contribution in [1.82, 2.24) is 20.3 Å². The molecule has 2 atom stereocenters. The zero-order valence-electron chi connectivity index (χ0n) is 41.0. The van der Waals surface area contributed by atoms with E-state index < -0.39 is 77.1 Å². The van der Waals surface area contributed by atoms with Crippen molar-refractivity contribution < 1.29 is 136 Å². The van der Waals surface area contributed by atoms with Crippen molar-refractivity contribution in [3.05, 3.63) is 71.8 Å². The Labute approximate surface area is 451 Å². The Balaban J connectivity index is 0.000000462. The largest absolute Gasteiger partial charge is 1.00 e. The number of unbranched alkanes of at least 4 members (excludes halogenated alkanes) is 8. The van der Waals surface area contributed by atoms with Gasteiger partial charge in [-0.2, -0.15) is 0 Å². The summed E-state index contributed by atoms with van der Waals surface area (Å²) >= 11 is 0. The quantitative estimate of drug-likeness (QED) is 0.110. The Morgan fingerprint density at radius 3 is 1.06 bits per heavy atom. The van der Waals surface area contributed by atoms with Gasteiger partial charge < -0.3 is 19.4 Å². The number of hydroxylamine groups is 8. The number of amides is 8. The normalized spacial score (nSPS) is 17.0. The second-order valence-electron chi connectivity index (χ2n) is 16.2. The predicted molar refractivity (Wildman–Crippen MR) is 236 cm³/mol. The molecular formula is C48H60N4Na2O16+2. The molecule has 2 aromatic rings. The summed E-state index contributed by atoms with van der Waals surface area (Å²) in [6.07, 6.45) is 11.5. The zero-order valence-corrected chi connectivity index (χ0v) is 45.0. The van der Waals surface area contributed by atoms with Gasteiger partial charge in [-0.3, -0.25) is 38.4 Å². The number of hydrogen-bond donors (Lipinski definition) is 0. The van der Waals surface area contributed by atoms with E-state index >= 15 is 0 Å². The molecule has 6 rings (SSSR count). The van der Waals surface area contributed by atoms with Gasteiger partial charge in [-0.05, 0) is 37.1 Å².